The number of nitrogens with zero attached hydrogens (tertiary/aromatic N) is 2. The Morgan fingerprint density at radius 3 is 2.42 bits per heavy atom. The van der Waals surface area contributed by atoms with Gasteiger partial charge in [0.2, 0.25) is 11.4 Å². The Bertz CT molecular complexity index is 1360. The number of carbonyl (C=O) groups excluding carboxylic acids is 3. The second-order valence-electron chi connectivity index (χ2n) is 11.8. The summed E-state index contributed by atoms with van der Waals surface area (Å²) in [6.45, 7) is 6.18. The van der Waals surface area contributed by atoms with E-state index in [4.69, 9.17) is 15.5 Å². The number of Topliss-reactive ketones (excluding diaryl/α,β-unsaturated/α-hetero) is 2. The monoisotopic (exact) mass is 529 g/mol. The highest BCUT2D eigenvalue weighted by molar-refractivity contribution is 6.25. The number of ketones is 2. The van der Waals surface area contributed by atoms with Crippen LogP contribution < -0.4 is 5.73 Å². The summed E-state index contributed by atoms with van der Waals surface area (Å²) in [5.41, 5.74) is 3.05. The summed E-state index contributed by atoms with van der Waals surface area (Å²) in [4.78, 5) is 53.7. The number of nitrogens with two attached hydrogens (primary N) is 1. The fraction of sp³-hybridized carbons (Fsp3) is 0.519. The average Bonchev–Trinajstić information content (AvgIpc) is 2.76. The molecule has 0 aromatic heterocycles. The fourth-order valence-electron chi connectivity index (χ4n) is 6.23. The lowest BCUT2D eigenvalue weighted by Crippen LogP contribution is -2.69. The molecule has 1 saturated heterocycles. The van der Waals surface area contributed by atoms with E-state index in [-0.39, 0.29) is 58.7 Å². The molecule has 1 fully saturated rings. The summed E-state index contributed by atoms with van der Waals surface area (Å²) < 4.78 is 15.9. The molecule has 204 valence electrons. The first-order valence-electron chi connectivity index (χ1n) is 12.5. The second kappa shape index (κ2) is 8.36. The van der Waals surface area contributed by atoms with Gasteiger partial charge in [0.25, 0.3) is 5.91 Å². The number of phenolic OH excluding ortho intramolecular Hbond substituents is 1. The summed E-state index contributed by atoms with van der Waals surface area (Å²) in [6.07, 6.45) is 0.230. The van der Waals surface area contributed by atoms with Crippen LogP contribution in [-0.4, -0.2) is 75.8 Å². The maximum atomic E-state index is 15.9. The van der Waals surface area contributed by atoms with Crippen LogP contribution in [0.1, 0.15) is 48.7 Å². The van der Waals surface area contributed by atoms with Crippen LogP contribution in [0.2, 0.25) is 0 Å². The predicted molar refractivity (Wildman–Crippen MR) is 132 cm³/mol. The SMILES string of the molecule is CN(C)[C@@H]1C(O)=C(C(N)=O)C(=O)[C@@]23OOC2=C2C(=O)c4c(O)cc(CN(C)C(C)(C)C)c(F)c4C[C@H]2C[C@@H]13. The number of phenols is 1. The molecule has 38 heavy (non-hydrogen) atoms. The molecule has 1 amide bonds. The lowest BCUT2D eigenvalue weighted by molar-refractivity contribution is -0.427. The number of likely N-dealkylation sites (N-methyl/N-ethyl adjacent to an activating group) is 1. The highest BCUT2D eigenvalue weighted by Crippen LogP contribution is 2.59. The molecule has 4 aliphatic rings. The van der Waals surface area contributed by atoms with Crippen LogP contribution in [0, 0.1) is 17.7 Å². The van der Waals surface area contributed by atoms with Gasteiger partial charge >= 0.3 is 0 Å². The number of primary amides is 1. The van der Waals surface area contributed by atoms with Crippen LogP contribution in [0.25, 0.3) is 0 Å². The van der Waals surface area contributed by atoms with Gasteiger partial charge in [0.15, 0.2) is 11.5 Å². The summed E-state index contributed by atoms with van der Waals surface area (Å²) in [5.74, 6) is -5.45. The van der Waals surface area contributed by atoms with Gasteiger partial charge in [0.05, 0.1) is 11.6 Å². The molecule has 1 aromatic rings. The van der Waals surface area contributed by atoms with Crippen molar-refractivity contribution in [2.75, 3.05) is 21.1 Å². The van der Waals surface area contributed by atoms with Gasteiger partial charge < -0.3 is 20.8 Å². The van der Waals surface area contributed by atoms with Crippen LogP contribution in [0.4, 0.5) is 4.39 Å². The Balaban J connectivity index is 1.65. The Morgan fingerprint density at radius 2 is 1.89 bits per heavy atom. The van der Waals surface area contributed by atoms with E-state index in [1.807, 2.05) is 32.7 Å². The van der Waals surface area contributed by atoms with Crippen molar-refractivity contribution in [3.8, 4) is 5.75 Å². The maximum Gasteiger partial charge on any atom is 0.255 e. The van der Waals surface area contributed by atoms with Crippen LogP contribution in [-0.2, 0) is 32.3 Å². The van der Waals surface area contributed by atoms with E-state index >= 15 is 4.39 Å². The van der Waals surface area contributed by atoms with Gasteiger partial charge in [-0.2, -0.15) is 4.89 Å². The minimum absolute atomic E-state index is 0.0732. The summed E-state index contributed by atoms with van der Waals surface area (Å²) in [7, 11) is 5.18. The zero-order chi connectivity index (χ0) is 28.1. The van der Waals surface area contributed by atoms with Crippen molar-refractivity contribution in [1.82, 2.24) is 9.80 Å². The highest BCUT2D eigenvalue weighted by atomic mass is 19.1. The van der Waals surface area contributed by atoms with E-state index in [2.05, 4.69) is 0 Å². The fourth-order valence-corrected chi connectivity index (χ4v) is 6.23. The molecular formula is C27H32FN3O7. The van der Waals surface area contributed by atoms with Crippen molar-refractivity contribution in [3.63, 3.8) is 0 Å². The first-order valence-corrected chi connectivity index (χ1v) is 12.5. The first kappa shape index (κ1) is 26.3. The molecule has 1 heterocycles. The number of rotatable bonds is 4. The van der Waals surface area contributed by atoms with Gasteiger partial charge in [-0.25, -0.2) is 4.39 Å². The number of benzene rings is 1. The smallest absolute Gasteiger partial charge is 0.255 e. The standard InChI is InChI=1S/C27H32FN3O7/c1-26(2,3)31(6)10-12-9-15(32)17-13(19(12)28)7-11-8-14-20(30(4)5)22(34)18(25(29)36)23(35)27(14)24(37-38-27)16(11)21(17)33/h9,11,14,20,32,34H,7-8,10H2,1-6H3,(H2,29,36)/t11-,14-,20-,27+/m0/s1. The van der Waals surface area contributed by atoms with E-state index in [9.17, 15) is 24.6 Å². The number of carbonyl (C=O) groups is 3. The maximum absolute atomic E-state index is 15.9. The molecule has 1 spiro atoms. The van der Waals surface area contributed by atoms with Gasteiger partial charge in [0.1, 0.15) is 22.9 Å². The van der Waals surface area contributed by atoms with Crippen molar-refractivity contribution in [1.29, 1.82) is 0 Å². The van der Waals surface area contributed by atoms with Crippen molar-refractivity contribution < 1.29 is 38.8 Å². The van der Waals surface area contributed by atoms with E-state index in [0.717, 1.165) is 0 Å². The summed E-state index contributed by atoms with van der Waals surface area (Å²) in [5, 5.41) is 21.8. The zero-order valence-electron chi connectivity index (χ0n) is 22.2. The molecule has 0 saturated carbocycles. The Morgan fingerprint density at radius 1 is 1.24 bits per heavy atom. The summed E-state index contributed by atoms with van der Waals surface area (Å²) >= 11 is 0. The first-order chi connectivity index (χ1) is 17.6. The normalized spacial score (nSPS) is 28.5. The minimum Gasteiger partial charge on any atom is -0.510 e. The molecular weight excluding hydrogens is 497 g/mol. The Hall–Kier alpha value is -3.28. The van der Waals surface area contributed by atoms with Crippen LogP contribution in [0.15, 0.2) is 28.7 Å². The molecule has 11 heteroatoms. The third kappa shape index (κ3) is 3.38. The number of amides is 1. The topological polar surface area (TPSA) is 143 Å². The quantitative estimate of drug-likeness (QED) is 0.394. The van der Waals surface area contributed by atoms with Gasteiger partial charge in [-0.3, -0.25) is 24.2 Å². The van der Waals surface area contributed by atoms with Gasteiger partial charge in [-0.05, 0) is 66.7 Å². The van der Waals surface area contributed by atoms with Gasteiger partial charge in [-0.15, -0.1) is 0 Å². The lowest BCUT2D eigenvalue weighted by atomic mass is 9.58. The number of hydrogen-bond acceptors (Lipinski definition) is 9. The highest BCUT2D eigenvalue weighted by Gasteiger charge is 2.71. The number of aliphatic hydroxyl groups is 1. The number of halogens is 1. The Kier molecular flexibility index (Phi) is 5.79. The summed E-state index contributed by atoms with van der Waals surface area (Å²) in [6, 6.07) is 0.413. The largest absolute Gasteiger partial charge is 0.510 e. The van der Waals surface area contributed by atoms with E-state index in [1.54, 1.807) is 19.0 Å². The van der Waals surface area contributed by atoms with Crippen molar-refractivity contribution in [2.24, 2.45) is 17.6 Å². The molecule has 1 aromatic carbocycles. The zero-order valence-corrected chi connectivity index (χ0v) is 22.2. The Labute approximate surface area is 219 Å². The predicted octanol–water partition coefficient (Wildman–Crippen LogP) is 1.90. The second-order valence-corrected chi connectivity index (χ2v) is 11.8. The van der Waals surface area contributed by atoms with Crippen molar-refractivity contribution in [3.05, 3.63) is 51.2 Å². The molecule has 0 unspecified atom stereocenters. The lowest BCUT2D eigenvalue weighted by Gasteiger charge is -2.55. The van der Waals surface area contributed by atoms with E-state index < -0.39 is 58.1 Å². The van der Waals surface area contributed by atoms with Gasteiger partial charge in [-0.1, -0.05) is 0 Å². The molecule has 10 nitrogen and oxygen atoms in total. The van der Waals surface area contributed by atoms with E-state index in [0.29, 0.717) is 0 Å². The molecule has 4 atom stereocenters. The molecule has 0 bridgehead atoms. The van der Waals surface area contributed by atoms with E-state index in [1.165, 1.54) is 6.07 Å². The molecule has 3 aliphatic carbocycles. The third-order valence-corrected chi connectivity index (χ3v) is 8.48. The number of aromatic hydroxyl groups is 1. The molecule has 4 N–H and O–H groups in total. The third-order valence-electron chi connectivity index (χ3n) is 8.48. The number of aliphatic hydroxyl groups excluding tert-OH is 1. The average molecular weight is 530 g/mol. The molecule has 1 aliphatic heterocycles. The molecule has 5 rings (SSSR count). The van der Waals surface area contributed by atoms with Crippen molar-refractivity contribution >= 4 is 17.5 Å². The number of fused-ring (bicyclic) bond motifs is 2. The van der Waals surface area contributed by atoms with Crippen LogP contribution in [0.3, 0.4) is 0 Å². The minimum atomic E-state index is -1.83. The number of allylic oxidation sites excluding steroid dienone is 1. The van der Waals surface area contributed by atoms with Gasteiger partial charge in [0, 0.05) is 34.7 Å². The number of hydrogen-bond donors (Lipinski definition) is 3. The van der Waals surface area contributed by atoms with Crippen molar-refractivity contribution in [2.45, 2.75) is 57.3 Å². The van der Waals surface area contributed by atoms with Crippen LogP contribution in [0.5, 0.6) is 5.75 Å². The van der Waals surface area contributed by atoms with Crippen LogP contribution >= 0.6 is 0 Å². The molecule has 0 radical (unpaired) electrons.